The lowest BCUT2D eigenvalue weighted by molar-refractivity contribution is -0.307. The molecule has 0 N–H and O–H groups in total. The van der Waals surface area contributed by atoms with E-state index in [-0.39, 0.29) is 12.8 Å². The standard InChI is InChI=1S/C22H42O4/c23-21(24)19-17-15-13-11-9-7-5-3-1-2-4-6-8-10-12-14-16-18-20-22(25)26/h1-20H2,(H,23,24)(H,25,26)/p-2. The van der Waals surface area contributed by atoms with Gasteiger partial charge >= 0.3 is 0 Å². The van der Waals surface area contributed by atoms with Crippen LogP contribution in [0.15, 0.2) is 0 Å². The highest BCUT2D eigenvalue weighted by molar-refractivity contribution is 5.64. The molecule has 154 valence electrons. The van der Waals surface area contributed by atoms with Crippen LogP contribution >= 0.6 is 0 Å². The number of hydrogen-bond acceptors (Lipinski definition) is 4. The van der Waals surface area contributed by atoms with Crippen LogP contribution in [0.3, 0.4) is 0 Å². The Morgan fingerprint density at radius 3 is 0.654 bits per heavy atom. The Morgan fingerprint density at radius 2 is 0.500 bits per heavy atom. The molecule has 0 amide bonds. The first-order valence-corrected chi connectivity index (χ1v) is 11.0. The Morgan fingerprint density at radius 1 is 0.346 bits per heavy atom. The predicted molar refractivity (Wildman–Crippen MR) is 102 cm³/mol. The summed E-state index contributed by atoms with van der Waals surface area (Å²) in [5.74, 6) is -1.84. The molecule has 0 saturated carbocycles. The molecule has 0 fully saturated rings. The van der Waals surface area contributed by atoms with Gasteiger partial charge in [-0.15, -0.1) is 0 Å². The van der Waals surface area contributed by atoms with E-state index >= 15 is 0 Å². The molecule has 26 heavy (non-hydrogen) atoms. The van der Waals surface area contributed by atoms with Crippen LogP contribution in [0.25, 0.3) is 0 Å². The number of hydrogen-bond donors (Lipinski definition) is 0. The highest BCUT2D eigenvalue weighted by Gasteiger charge is 1.95. The summed E-state index contributed by atoms with van der Waals surface area (Å²) in [7, 11) is 0. The Labute approximate surface area is 160 Å². The fourth-order valence-corrected chi connectivity index (χ4v) is 3.37. The molecule has 0 aromatic heterocycles. The molecule has 4 heteroatoms. The molecule has 4 nitrogen and oxygen atoms in total. The highest BCUT2D eigenvalue weighted by atomic mass is 16.4. The van der Waals surface area contributed by atoms with Crippen molar-refractivity contribution in [2.45, 2.75) is 128 Å². The van der Waals surface area contributed by atoms with Gasteiger partial charge in [-0.2, -0.15) is 0 Å². The lowest BCUT2D eigenvalue weighted by Crippen LogP contribution is -2.21. The van der Waals surface area contributed by atoms with Crippen LogP contribution in [0.1, 0.15) is 128 Å². The maximum absolute atomic E-state index is 10.3. The van der Waals surface area contributed by atoms with Crippen molar-refractivity contribution in [2.75, 3.05) is 0 Å². The summed E-state index contributed by atoms with van der Waals surface area (Å²) in [5, 5.41) is 20.5. The van der Waals surface area contributed by atoms with Gasteiger partial charge in [0.15, 0.2) is 0 Å². The van der Waals surface area contributed by atoms with Gasteiger partial charge in [0, 0.05) is 11.9 Å². The molecule has 0 rings (SSSR count). The van der Waals surface area contributed by atoms with Crippen LogP contribution in [0.2, 0.25) is 0 Å². The van der Waals surface area contributed by atoms with Crippen LogP contribution in [0, 0.1) is 0 Å². The minimum Gasteiger partial charge on any atom is -0.550 e. The topological polar surface area (TPSA) is 80.3 Å². The Kier molecular flexibility index (Phi) is 19.4. The smallest absolute Gasteiger partial charge is 0.0414 e. The van der Waals surface area contributed by atoms with Crippen molar-refractivity contribution in [3.63, 3.8) is 0 Å². The Balaban J connectivity index is 3.01. The highest BCUT2D eigenvalue weighted by Crippen LogP contribution is 2.14. The van der Waals surface area contributed by atoms with E-state index in [4.69, 9.17) is 0 Å². The minimum atomic E-state index is -0.920. The van der Waals surface area contributed by atoms with Crippen LogP contribution in [0.5, 0.6) is 0 Å². The van der Waals surface area contributed by atoms with Crippen LogP contribution < -0.4 is 10.2 Å². The monoisotopic (exact) mass is 368 g/mol. The molecule has 0 unspecified atom stereocenters. The maximum Gasteiger partial charge on any atom is 0.0414 e. The van der Waals surface area contributed by atoms with Crippen molar-refractivity contribution < 1.29 is 19.8 Å². The van der Waals surface area contributed by atoms with Gasteiger partial charge in [-0.25, -0.2) is 0 Å². The molecule has 0 aromatic carbocycles. The van der Waals surface area contributed by atoms with Crippen LogP contribution in [-0.4, -0.2) is 11.9 Å². The number of unbranched alkanes of at least 4 members (excludes halogenated alkanes) is 17. The third-order valence-corrected chi connectivity index (χ3v) is 5.01. The quantitative estimate of drug-likeness (QED) is 0.283. The van der Waals surface area contributed by atoms with E-state index in [0.29, 0.717) is 0 Å². The fraction of sp³-hybridized carbons (Fsp3) is 0.909. The first-order chi connectivity index (χ1) is 12.6. The van der Waals surface area contributed by atoms with Gasteiger partial charge in [-0.1, -0.05) is 103 Å². The predicted octanol–water partition coefficient (Wildman–Crippen LogP) is 4.29. The molecular formula is C22H40O4-2. The lowest BCUT2D eigenvalue weighted by Gasteiger charge is -2.04. The van der Waals surface area contributed by atoms with Gasteiger partial charge < -0.3 is 19.8 Å². The molecule has 0 aromatic rings. The second-order valence-electron chi connectivity index (χ2n) is 7.61. The van der Waals surface area contributed by atoms with Crippen LogP contribution in [-0.2, 0) is 9.59 Å². The van der Waals surface area contributed by atoms with Crippen molar-refractivity contribution in [1.82, 2.24) is 0 Å². The van der Waals surface area contributed by atoms with Crippen molar-refractivity contribution >= 4 is 11.9 Å². The second kappa shape index (κ2) is 20.3. The van der Waals surface area contributed by atoms with Gasteiger partial charge in [0.1, 0.15) is 0 Å². The van der Waals surface area contributed by atoms with E-state index in [0.717, 1.165) is 38.5 Å². The maximum atomic E-state index is 10.3. The van der Waals surface area contributed by atoms with Crippen molar-refractivity contribution in [1.29, 1.82) is 0 Å². The summed E-state index contributed by atoms with van der Waals surface area (Å²) in [4.78, 5) is 20.5. The van der Waals surface area contributed by atoms with Gasteiger partial charge in [-0.3, -0.25) is 0 Å². The molecule has 0 spiro atoms. The normalized spacial score (nSPS) is 10.9. The summed E-state index contributed by atoms with van der Waals surface area (Å²) in [6.07, 6.45) is 22.1. The fourth-order valence-electron chi connectivity index (χ4n) is 3.37. The van der Waals surface area contributed by atoms with E-state index < -0.39 is 11.9 Å². The minimum absolute atomic E-state index is 0.213. The number of carbonyl (C=O) groups is 2. The first-order valence-electron chi connectivity index (χ1n) is 11.0. The summed E-state index contributed by atoms with van der Waals surface area (Å²) in [6, 6.07) is 0. The summed E-state index contributed by atoms with van der Waals surface area (Å²) in [5.41, 5.74) is 0. The van der Waals surface area contributed by atoms with Gasteiger partial charge in [-0.05, 0) is 25.7 Å². The SMILES string of the molecule is O=C([O-])CCCCCCCCCCCCCCCCCCCCC(=O)[O-]. The van der Waals surface area contributed by atoms with Crippen molar-refractivity contribution in [3.8, 4) is 0 Å². The van der Waals surface area contributed by atoms with Gasteiger partial charge in [0.2, 0.25) is 0 Å². The van der Waals surface area contributed by atoms with Crippen LogP contribution in [0.4, 0.5) is 0 Å². The third kappa shape index (κ3) is 22.9. The average Bonchev–Trinajstić information content (AvgIpc) is 2.59. The molecular weight excluding hydrogens is 328 g/mol. The first kappa shape index (κ1) is 24.9. The lowest BCUT2D eigenvalue weighted by atomic mass is 10.0. The Bertz CT molecular complexity index is 296. The van der Waals surface area contributed by atoms with E-state index in [1.807, 2.05) is 0 Å². The molecule has 0 radical (unpaired) electrons. The van der Waals surface area contributed by atoms with Crippen molar-refractivity contribution in [3.05, 3.63) is 0 Å². The molecule has 0 atom stereocenters. The Hall–Kier alpha value is -1.06. The number of rotatable bonds is 21. The molecule has 0 saturated heterocycles. The second-order valence-corrected chi connectivity index (χ2v) is 7.61. The summed E-state index contributed by atoms with van der Waals surface area (Å²) >= 11 is 0. The molecule has 0 heterocycles. The molecule has 0 aliphatic heterocycles. The van der Waals surface area contributed by atoms with E-state index in [9.17, 15) is 19.8 Å². The number of aliphatic carboxylic acids is 2. The molecule has 0 bridgehead atoms. The van der Waals surface area contributed by atoms with E-state index in [2.05, 4.69) is 0 Å². The number of carboxylic acid groups (broad SMARTS) is 2. The zero-order chi connectivity index (χ0) is 19.3. The molecule has 0 aliphatic carbocycles. The van der Waals surface area contributed by atoms with Gasteiger partial charge in [0.05, 0.1) is 0 Å². The molecule has 0 aliphatic rings. The summed E-state index contributed by atoms with van der Waals surface area (Å²) in [6.45, 7) is 0. The third-order valence-electron chi connectivity index (χ3n) is 5.01. The van der Waals surface area contributed by atoms with Crippen molar-refractivity contribution in [2.24, 2.45) is 0 Å². The largest absolute Gasteiger partial charge is 0.550 e. The van der Waals surface area contributed by atoms with E-state index in [1.165, 1.54) is 77.0 Å². The average molecular weight is 369 g/mol. The number of carboxylic acids is 2. The summed E-state index contributed by atoms with van der Waals surface area (Å²) < 4.78 is 0. The van der Waals surface area contributed by atoms with Gasteiger partial charge in [0.25, 0.3) is 0 Å². The van der Waals surface area contributed by atoms with E-state index in [1.54, 1.807) is 0 Å². The zero-order valence-corrected chi connectivity index (χ0v) is 16.8. The number of carbonyl (C=O) groups excluding carboxylic acids is 2. The zero-order valence-electron chi connectivity index (χ0n) is 16.8.